The molecule has 0 spiro atoms. The van der Waals surface area contributed by atoms with E-state index in [4.69, 9.17) is 19.2 Å². The van der Waals surface area contributed by atoms with Crippen LogP contribution in [0, 0.1) is 0 Å². The van der Waals surface area contributed by atoms with Crippen molar-refractivity contribution < 1.29 is 19.2 Å². The van der Waals surface area contributed by atoms with Crippen molar-refractivity contribution in [3.05, 3.63) is 0 Å². The van der Waals surface area contributed by atoms with Crippen molar-refractivity contribution in [1.82, 2.24) is 0 Å². The van der Waals surface area contributed by atoms with Crippen LogP contribution in [0.25, 0.3) is 0 Å². The van der Waals surface area contributed by atoms with Crippen molar-refractivity contribution >= 4 is 70.8 Å². The van der Waals surface area contributed by atoms with Gasteiger partial charge < -0.3 is 14.7 Å². The normalized spacial score (nSPS) is 7.38. The van der Waals surface area contributed by atoms with Gasteiger partial charge in [-0.3, -0.25) is 0 Å². The van der Waals surface area contributed by atoms with E-state index in [1.807, 2.05) is 0 Å². The summed E-state index contributed by atoms with van der Waals surface area (Å²) < 4.78 is 8.88. The molecule has 0 aromatic carbocycles. The minimum absolute atomic E-state index is 0. The molecule has 0 rings (SSSR count). The summed E-state index contributed by atoms with van der Waals surface area (Å²) in [6, 6.07) is 0. The van der Waals surface area contributed by atoms with Gasteiger partial charge in [0.15, 0.2) is 17.4 Å². The maximum absolute atomic E-state index is 8.88. The van der Waals surface area contributed by atoms with E-state index in [0.717, 1.165) is 0 Å². The standard InChI is InChI=1S/Al.Ga.In.H3O4P.9H/c;;;1-5(2,3)4;;;;;;;;;/h;;;(H3,1,2,3,4);;;;;;;;;. The van der Waals surface area contributed by atoms with Gasteiger partial charge in [-0.1, -0.05) is 0 Å². The Hall–Kier alpha value is 2.15. The van der Waals surface area contributed by atoms with Crippen molar-refractivity contribution in [2.75, 3.05) is 0 Å². The van der Waals surface area contributed by atoms with E-state index in [0.29, 0.717) is 0 Å². The molecule has 0 unspecified atom stereocenters. The zero-order valence-electron chi connectivity index (χ0n) is 2.20. The van der Waals surface area contributed by atoms with Gasteiger partial charge in [0.2, 0.25) is 0 Å². The van der Waals surface area contributed by atoms with Gasteiger partial charge in [-0.25, -0.2) is 4.57 Å². The van der Waals surface area contributed by atoms with Gasteiger partial charge in [-0.05, 0) is 0 Å². The number of hydrogen-bond donors (Lipinski definition) is 3. The Labute approximate surface area is 89.3 Å². The third-order valence-electron chi connectivity index (χ3n) is 0. The van der Waals surface area contributed by atoms with Gasteiger partial charge in [-0.2, -0.15) is 0 Å². The molecule has 3 N–H and O–H groups in total. The molecule has 8 heteroatoms. The predicted molar refractivity (Wildman–Crippen MR) is 44.1 cm³/mol. The Bertz CT molecular complexity index is 62.2. The number of hydrogen-bond acceptors (Lipinski definition) is 1. The van der Waals surface area contributed by atoms with Crippen LogP contribution in [0.4, 0.5) is 0 Å². The molecule has 0 saturated heterocycles. The molecule has 0 aromatic heterocycles. The average molecular weight is 319 g/mol. The molecule has 0 bridgehead atoms. The summed E-state index contributed by atoms with van der Waals surface area (Å²) in [5.41, 5.74) is 0. The summed E-state index contributed by atoms with van der Waals surface area (Å²) in [6.07, 6.45) is 0. The molecule has 0 heterocycles. The van der Waals surface area contributed by atoms with E-state index in [-0.39, 0.29) is 63.0 Å². The van der Waals surface area contributed by atoms with Crippen molar-refractivity contribution in [3.63, 3.8) is 0 Å². The predicted octanol–water partition coefficient (Wildman–Crippen LogP) is -4.48. The van der Waals surface area contributed by atoms with Gasteiger partial charge in [0.05, 0.1) is 0 Å². The molecular formula is H12AlGaInO4P. The van der Waals surface area contributed by atoms with Crippen LogP contribution in [-0.2, 0) is 4.57 Å². The molecule has 0 saturated carbocycles. The van der Waals surface area contributed by atoms with Crippen molar-refractivity contribution in [3.8, 4) is 0 Å². The monoisotopic (exact) mass is 318 g/mol. The first-order chi connectivity index (χ1) is 2.00. The summed E-state index contributed by atoms with van der Waals surface area (Å²) in [5, 5.41) is 0. The van der Waals surface area contributed by atoms with Gasteiger partial charge >= 0.3 is 53.5 Å². The van der Waals surface area contributed by atoms with E-state index in [1.54, 1.807) is 0 Å². The zero-order chi connectivity index (χ0) is 4.50. The Morgan fingerprint density at radius 1 is 1.12 bits per heavy atom. The molecule has 4 nitrogen and oxygen atoms in total. The molecule has 0 amide bonds. The molecular weight excluding hydrogens is 306 g/mol. The molecule has 0 radical (unpaired) electrons. The second-order valence-electron chi connectivity index (χ2n) is 0.513. The Morgan fingerprint density at radius 2 is 1.12 bits per heavy atom. The summed E-state index contributed by atoms with van der Waals surface area (Å²) in [4.78, 5) is 21.6. The number of rotatable bonds is 0. The molecule has 50 valence electrons. The third-order valence-corrected chi connectivity index (χ3v) is 0. The molecule has 8 heavy (non-hydrogen) atoms. The summed E-state index contributed by atoms with van der Waals surface area (Å²) in [6.45, 7) is 0. The first-order valence-electron chi connectivity index (χ1n) is 0.783. The van der Waals surface area contributed by atoms with Crippen molar-refractivity contribution in [2.24, 2.45) is 0 Å². The molecule has 0 aliphatic carbocycles. The van der Waals surface area contributed by atoms with E-state index in [2.05, 4.69) is 0 Å². The zero-order valence-corrected chi connectivity index (χ0v) is 3.09. The molecule has 0 fully saturated rings. The molecule has 0 aliphatic rings. The molecule has 0 atom stereocenters. The van der Waals surface area contributed by atoms with Crippen molar-refractivity contribution in [2.45, 2.75) is 0 Å². The van der Waals surface area contributed by atoms with E-state index in [1.165, 1.54) is 0 Å². The van der Waals surface area contributed by atoms with Crippen LogP contribution in [0.15, 0.2) is 0 Å². The quantitative estimate of drug-likeness (QED) is 0.311. The van der Waals surface area contributed by atoms with Crippen LogP contribution < -0.4 is 0 Å². The van der Waals surface area contributed by atoms with Crippen molar-refractivity contribution in [1.29, 1.82) is 0 Å². The average Bonchev–Trinajstić information content (AvgIpc) is 0.722. The molecule has 0 aromatic rings. The third kappa shape index (κ3) is 90.2. The topological polar surface area (TPSA) is 77.8 Å². The Balaban J connectivity index is -0.0000000267. The summed E-state index contributed by atoms with van der Waals surface area (Å²) >= 11 is 0. The minimum atomic E-state index is -4.64. The van der Waals surface area contributed by atoms with Crippen LogP contribution in [-0.4, -0.2) is 77.7 Å². The fourth-order valence-electron chi connectivity index (χ4n) is 0. The van der Waals surface area contributed by atoms with Gasteiger partial charge in [-0.15, -0.1) is 0 Å². The van der Waals surface area contributed by atoms with Gasteiger partial charge in [0.1, 0.15) is 0 Å². The second kappa shape index (κ2) is 9.15. The van der Waals surface area contributed by atoms with Crippen LogP contribution in [0.5, 0.6) is 0 Å². The van der Waals surface area contributed by atoms with E-state index in [9.17, 15) is 0 Å². The first-order valence-corrected chi connectivity index (χ1v) is 2.35. The Kier molecular flexibility index (Phi) is 25.7. The summed E-state index contributed by atoms with van der Waals surface area (Å²) in [5.74, 6) is 0. The van der Waals surface area contributed by atoms with Gasteiger partial charge in [0, 0.05) is 0 Å². The fraction of sp³-hybridized carbons (Fsp3) is 0. The van der Waals surface area contributed by atoms with Gasteiger partial charge in [0.25, 0.3) is 0 Å². The maximum atomic E-state index is 8.88. The van der Waals surface area contributed by atoms with E-state index >= 15 is 0 Å². The first kappa shape index (κ1) is 22.5. The molecule has 0 aliphatic heterocycles. The van der Waals surface area contributed by atoms with Crippen LogP contribution in [0.3, 0.4) is 0 Å². The second-order valence-corrected chi connectivity index (χ2v) is 1.54. The van der Waals surface area contributed by atoms with Crippen LogP contribution >= 0.6 is 7.82 Å². The van der Waals surface area contributed by atoms with Crippen LogP contribution in [0.2, 0.25) is 0 Å². The Morgan fingerprint density at radius 3 is 1.12 bits per heavy atom. The van der Waals surface area contributed by atoms with E-state index < -0.39 is 7.82 Å². The van der Waals surface area contributed by atoms with Crippen LogP contribution in [0.1, 0.15) is 0 Å². The fourth-order valence-corrected chi connectivity index (χ4v) is 0. The summed E-state index contributed by atoms with van der Waals surface area (Å²) in [7, 11) is -4.64. The number of phosphoric acid groups is 1. The SMILES string of the molecule is O=P(O)(O)O.[AlH3].[GaH3].[InH3].